The zero-order chi connectivity index (χ0) is 16.4. The van der Waals surface area contributed by atoms with Crippen LogP contribution in [0.5, 0.6) is 0 Å². The number of aromatic nitrogens is 3. The van der Waals surface area contributed by atoms with Gasteiger partial charge in [-0.05, 0) is 19.1 Å². The third-order valence-corrected chi connectivity index (χ3v) is 3.87. The van der Waals surface area contributed by atoms with Crippen LogP contribution in [0, 0.1) is 6.92 Å². The van der Waals surface area contributed by atoms with Crippen molar-refractivity contribution in [2.24, 2.45) is 0 Å². The molecule has 1 fully saturated rings. The monoisotopic (exact) mass is 314 g/mol. The summed E-state index contributed by atoms with van der Waals surface area (Å²) in [6, 6.07) is 6.02. The summed E-state index contributed by atoms with van der Waals surface area (Å²) in [6.45, 7) is 4.03. The molecule has 0 saturated carbocycles. The molecule has 0 radical (unpaired) electrons. The Morgan fingerprint density at radius 3 is 2.78 bits per heavy atom. The number of rotatable bonds is 3. The lowest BCUT2D eigenvalue weighted by Crippen LogP contribution is -2.39. The van der Waals surface area contributed by atoms with Gasteiger partial charge in [0.1, 0.15) is 11.9 Å². The molecule has 2 N–H and O–H groups in total. The number of anilines is 3. The average Bonchev–Trinajstić information content (AvgIpc) is 2.54. The molecule has 1 aliphatic heterocycles. The van der Waals surface area contributed by atoms with Gasteiger partial charge in [-0.1, -0.05) is 0 Å². The molecule has 122 valence electrons. The Morgan fingerprint density at radius 2 is 2.13 bits per heavy atom. The first-order chi connectivity index (χ1) is 11.0. The van der Waals surface area contributed by atoms with Gasteiger partial charge in [-0.2, -0.15) is 4.98 Å². The summed E-state index contributed by atoms with van der Waals surface area (Å²) in [5.41, 5.74) is 8.62. The Hall–Kier alpha value is -2.41. The topological polar surface area (TPSA) is 80.4 Å². The first-order valence-corrected chi connectivity index (χ1v) is 7.64. The van der Waals surface area contributed by atoms with Gasteiger partial charge in [-0.3, -0.25) is 4.98 Å². The smallest absolute Gasteiger partial charge is 0.222 e. The molecule has 2 aromatic heterocycles. The minimum absolute atomic E-state index is 0.0727. The fourth-order valence-electron chi connectivity index (χ4n) is 2.63. The molecule has 1 saturated heterocycles. The van der Waals surface area contributed by atoms with Crippen LogP contribution in [0.4, 0.5) is 17.5 Å². The van der Waals surface area contributed by atoms with Crippen molar-refractivity contribution in [1.29, 1.82) is 0 Å². The molecular formula is C16H22N6O. The van der Waals surface area contributed by atoms with Gasteiger partial charge in [0.2, 0.25) is 5.95 Å². The normalized spacial score (nSPS) is 18.0. The number of morpholine rings is 1. The van der Waals surface area contributed by atoms with Crippen LogP contribution in [0.15, 0.2) is 24.4 Å². The largest absolute Gasteiger partial charge is 0.376 e. The quantitative estimate of drug-likeness (QED) is 0.917. The number of hydrogen-bond donors (Lipinski definition) is 1. The van der Waals surface area contributed by atoms with Crippen molar-refractivity contribution in [3.8, 4) is 0 Å². The number of nitrogens with zero attached hydrogens (tertiary/aromatic N) is 5. The fourth-order valence-corrected chi connectivity index (χ4v) is 2.63. The first-order valence-electron chi connectivity index (χ1n) is 7.64. The average molecular weight is 314 g/mol. The van der Waals surface area contributed by atoms with Crippen LogP contribution < -0.4 is 15.5 Å². The van der Waals surface area contributed by atoms with Crippen LogP contribution in [0.1, 0.15) is 17.5 Å². The van der Waals surface area contributed by atoms with Gasteiger partial charge in [0.15, 0.2) is 0 Å². The molecule has 7 nitrogen and oxygen atoms in total. The van der Waals surface area contributed by atoms with Crippen molar-refractivity contribution in [3.05, 3.63) is 35.8 Å². The summed E-state index contributed by atoms with van der Waals surface area (Å²) >= 11 is 0. The van der Waals surface area contributed by atoms with Crippen molar-refractivity contribution in [1.82, 2.24) is 15.0 Å². The summed E-state index contributed by atoms with van der Waals surface area (Å²) in [4.78, 5) is 17.2. The van der Waals surface area contributed by atoms with Crippen molar-refractivity contribution in [2.75, 3.05) is 49.3 Å². The van der Waals surface area contributed by atoms with E-state index in [9.17, 15) is 0 Å². The molecule has 0 aromatic carbocycles. The minimum Gasteiger partial charge on any atom is -0.376 e. The lowest BCUT2D eigenvalue weighted by molar-refractivity contribution is 0.0368. The van der Waals surface area contributed by atoms with E-state index in [1.165, 1.54) is 0 Å². The van der Waals surface area contributed by atoms with Crippen LogP contribution in [0.2, 0.25) is 0 Å². The number of hydrogen-bond acceptors (Lipinski definition) is 7. The maximum atomic E-state index is 5.88. The Labute approximate surface area is 136 Å². The summed E-state index contributed by atoms with van der Waals surface area (Å²) < 4.78 is 5.88. The molecule has 3 rings (SSSR count). The molecule has 0 unspecified atom stereocenters. The molecular weight excluding hydrogens is 292 g/mol. The van der Waals surface area contributed by atoms with Crippen LogP contribution in [0.3, 0.4) is 0 Å². The third kappa shape index (κ3) is 3.50. The van der Waals surface area contributed by atoms with E-state index in [2.05, 4.69) is 25.9 Å². The van der Waals surface area contributed by atoms with Crippen molar-refractivity contribution in [2.45, 2.75) is 13.0 Å². The second kappa shape index (κ2) is 6.37. The van der Waals surface area contributed by atoms with E-state index < -0.39 is 0 Å². The highest BCUT2D eigenvalue weighted by molar-refractivity contribution is 5.45. The van der Waals surface area contributed by atoms with Crippen LogP contribution >= 0.6 is 0 Å². The third-order valence-electron chi connectivity index (χ3n) is 3.87. The number of nitrogen functional groups attached to an aromatic ring is 1. The van der Waals surface area contributed by atoms with Gasteiger partial charge >= 0.3 is 0 Å². The summed E-state index contributed by atoms with van der Waals surface area (Å²) in [7, 11) is 3.99. The minimum atomic E-state index is -0.0727. The van der Waals surface area contributed by atoms with Crippen molar-refractivity contribution < 1.29 is 4.74 Å². The summed E-state index contributed by atoms with van der Waals surface area (Å²) in [5.74, 6) is 1.14. The number of ether oxygens (including phenoxy) is 1. The highest BCUT2D eigenvalue weighted by Gasteiger charge is 2.24. The van der Waals surface area contributed by atoms with Crippen molar-refractivity contribution >= 4 is 17.5 Å². The second-order valence-electron chi connectivity index (χ2n) is 5.87. The van der Waals surface area contributed by atoms with E-state index >= 15 is 0 Å². The Bertz CT molecular complexity index is 653. The maximum Gasteiger partial charge on any atom is 0.222 e. The van der Waals surface area contributed by atoms with E-state index in [0.29, 0.717) is 19.1 Å². The van der Waals surface area contributed by atoms with E-state index in [4.69, 9.17) is 10.5 Å². The van der Waals surface area contributed by atoms with Crippen LogP contribution in [-0.4, -0.2) is 48.7 Å². The second-order valence-corrected chi connectivity index (χ2v) is 5.87. The lowest BCUT2D eigenvalue weighted by atomic mass is 10.1. The molecule has 0 spiro atoms. The predicted octanol–water partition coefficient (Wildman–Crippen LogP) is 1.41. The summed E-state index contributed by atoms with van der Waals surface area (Å²) in [5, 5.41) is 0. The Morgan fingerprint density at radius 1 is 1.30 bits per heavy atom. The molecule has 0 aliphatic carbocycles. The number of nitrogens with two attached hydrogens (primary N) is 1. The molecule has 0 bridgehead atoms. The zero-order valence-electron chi connectivity index (χ0n) is 13.7. The van der Waals surface area contributed by atoms with E-state index in [1.54, 1.807) is 0 Å². The molecule has 1 atom stereocenters. The highest BCUT2D eigenvalue weighted by Crippen LogP contribution is 2.25. The molecule has 0 amide bonds. The van der Waals surface area contributed by atoms with Gasteiger partial charge < -0.3 is 20.3 Å². The van der Waals surface area contributed by atoms with Gasteiger partial charge in [-0.25, -0.2) is 4.98 Å². The Balaban J connectivity index is 1.77. The van der Waals surface area contributed by atoms with Gasteiger partial charge in [-0.15, -0.1) is 0 Å². The highest BCUT2D eigenvalue weighted by atomic mass is 16.5. The molecule has 2 aromatic rings. The lowest BCUT2D eigenvalue weighted by Gasteiger charge is -2.33. The number of pyridine rings is 1. The van der Waals surface area contributed by atoms with Crippen molar-refractivity contribution in [3.63, 3.8) is 0 Å². The van der Waals surface area contributed by atoms with E-state index in [-0.39, 0.29) is 6.10 Å². The molecule has 23 heavy (non-hydrogen) atoms. The number of aryl methyl sites for hydroxylation is 1. The molecule has 7 heteroatoms. The first kappa shape index (κ1) is 15.5. The van der Waals surface area contributed by atoms with Gasteiger partial charge in [0, 0.05) is 32.4 Å². The van der Waals surface area contributed by atoms with Crippen LogP contribution in [-0.2, 0) is 4.74 Å². The molecule has 1 aliphatic rings. The predicted molar refractivity (Wildman–Crippen MR) is 90.7 cm³/mol. The van der Waals surface area contributed by atoms with E-state index in [1.807, 2.05) is 44.2 Å². The van der Waals surface area contributed by atoms with E-state index in [0.717, 1.165) is 29.4 Å². The standard InChI is InChI=1S/C16H22N6O/c1-11-8-15(20-16(17)19-11)22-6-7-23-14(10-22)13-5-4-12(9-18-13)21(2)3/h4-5,8-9,14H,6-7,10H2,1-3H3,(H2,17,19,20)/t14-/m1/s1. The maximum absolute atomic E-state index is 5.88. The zero-order valence-corrected chi connectivity index (χ0v) is 13.7. The Kier molecular flexibility index (Phi) is 4.29. The fraction of sp³-hybridized carbons (Fsp3) is 0.438. The molecule has 3 heterocycles. The summed E-state index contributed by atoms with van der Waals surface area (Å²) in [6.07, 6.45) is 1.79. The SMILES string of the molecule is Cc1cc(N2CCO[C@@H](c3ccc(N(C)C)cn3)C2)nc(N)n1. The van der Waals surface area contributed by atoms with Gasteiger partial charge in [0.25, 0.3) is 0 Å². The van der Waals surface area contributed by atoms with Gasteiger partial charge in [0.05, 0.1) is 30.7 Å². The van der Waals surface area contributed by atoms with Crippen LogP contribution in [0.25, 0.3) is 0 Å².